The van der Waals surface area contributed by atoms with Crippen LogP contribution in [0.4, 0.5) is 0 Å². The zero-order chi connectivity index (χ0) is 12.5. The lowest BCUT2D eigenvalue weighted by Crippen LogP contribution is -2.42. The van der Waals surface area contributed by atoms with Gasteiger partial charge in [0, 0.05) is 22.5 Å². The Labute approximate surface area is 112 Å². The summed E-state index contributed by atoms with van der Waals surface area (Å²) in [4.78, 5) is 0. The molecule has 1 aliphatic carbocycles. The molecule has 0 aromatic heterocycles. The normalized spacial score (nSPS) is 29.3. The van der Waals surface area contributed by atoms with Crippen LogP contribution in [0.2, 0.25) is 10.0 Å². The number of hydrogen-bond donors (Lipinski definition) is 2. The first-order valence-electron chi connectivity index (χ1n) is 5.91. The van der Waals surface area contributed by atoms with E-state index in [1.165, 1.54) is 0 Å². The predicted octanol–water partition coefficient (Wildman–Crippen LogP) is 3.17. The molecule has 0 aliphatic heterocycles. The Kier molecular flexibility index (Phi) is 3.99. The molecule has 1 aromatic rings. The fourth-order valence-corrected chi connectivity index (χ4v) is 3.11. The van der Waals surface area contributed by atoms with Crippen molar-refractivity contribution in [2.24, 2.45) is 5.73 Å². The van der Waals surface area contributed by atoms with Gasteiger partial charge in [0.05, 0.1) is 5.60 Å². The zero-order valence-electron chi connectivity index (χ0n) is 9.63. The maximum absolute atomic E-state index is 10.5. The molecule has 2 nitrogen and oxygen atoms in total. The molecule has 1 aliphatic rings. The lowest BCUT2D eigenvalue weighted by molar-refractivity contribution is -0.00187. The summed E-state index contributed by atoms with van der Waals surface area (Å²) in [7, 11) is 0. The van der Waals surface area contributed by atoms with Crippen molar-refractivity contribution in [2.45, 2.75) is 43.7 Å². The molecule has 0 spiro atoms. The molecule has 94 valence electrons. The minimum absolute atomic E-state index is 0.0787. The van der Waals surface area contributed by atoms with Crippen LogP contribution < -0.4 is 5.73 Å². The van der Waals surface area contributed by atoms with E-state index in [0.717, 1.165) is 24.8 Å². The molecule has 1 aromatic carbocycles. The molecule has 2 unspecified atom stereocenters. The predicted molar refractivity (Wildman–Crippen MR) is 71.6 cm³/mol. The van der Waals surface area contributed by atoms with Crippen LogP contribution in [-0.4, -0.2) is 16.7 Å². The van der Waals surface area contributed by atoms with Crippen LogP contribution >= 0.6 is 23.2 Å². The third-order valence-corrected chi connectivity index (χ3v) is 4.13. The lowest BCUT2D eigenvalue weighted by Gasteiger charge is -2.35. The van der Waals surface area contributed by atoms with E-state index in [1.807, 2.05) is 6.07 Å². The summed E-state index contributed by atoms with van der Waals surface area (Å²) in [5.41, 5.74) is 5.98. The number of aliphatic hydroxyl groups is 1. The Hall–Kier alpha value is -0.280. The lowest BCUT2D eigenvalue weighted by atomic mass is 9.78. The maximum Gasteiger partial charge on any atom is 0.0703 e. The standard InChI is InChI=1S/C13H17Cl2NO/c14-11-4-1-5-12(15)10(11)8-13(17)6-2-3-9(16)7-13/h1,4-5,9,17H,2-3,6-8,16H2. The van der Waals surface area contributed by atoms with Gasteiger partial charge in [0.2, 0.25) is 0 Å². The van der Waals surface area contributed by atoms with Crippen molar-refractivity contribution in [3.63, 3.8) is 0 Å². The van der Waals surface area contributed by atoms with E-state index >= 15 is 0 Å². The molecule has 0 amide bonds. The first kappa shape index (κ1) is 13.2. The molecule has 1 saturated carbocycles. The van der Waals surface area contributed by atoms with Gasteiger partial charge < -0.3 is 10.8 Å². The van der Waals surface area contributed by atoms with Crippen LogP contribution in [0.25, 0.3) is 0 Å². The summed E-state index contributed by atoms with van der Waals surface area (Å²) in [5.74, 6) is 0. The van der Waals surface area contributed by atoms with Gasteiger partial charge >= 0.3 is 0 Å². The van der Waals surface area contributed by atoms with Gasteiger partial charge in [0.25, 0.3) is 0 Å². The van der Waals surface area contributed by atoms with Gasteiger partial charge in [-0.3, -0.25) is 0 Å². The van der Waals surface area contributed by atoms with Gasteiger partial charge in [-0.2, -0.15) is 0 Å². The van der Waals surface area contributed by atoms with Crippen LogP contribution in [0.3, 0.4) is 0 Å². The van der Waals surface area contributed by atoms with E-state index in [0.29, 0.717) is 22.9 Å². The summed E-state index contributed by atoms with van der Waals surface area (Å²) in [6.45, 7) is 0. The molecular weight excluding hydrogens is 257 g/mol. The molecule has 0 radical (unpaired) electrons. The highest BCUT2D eigenvalue weighted by atomic mass is 35.5. The Morgan fingerprint density at radius 1 is 1.35 bits per heavy atom. The molecule has 0 bridgehead atoms. The first-order chi connectivity index (χ1) is 8.00. The van der Waals surface area contributed by atoms with Crippen molar-refractivity contribution < 1.29 is 5.11 Å². The molecule has 3 N–H and O–H groups in total. The second kappa shape index (κ2) is 5.15. The maximum atomic E-state index is 10.5. The third-order valence-electron chi connectivity index (χ3n) is 3.43. The molecule has 0 heterocycles. The van der Waals surface area contributed by atoms with Crippen LogP contribution in [-0.2, 0) is 6.42 Å². The topological polar surface area (TPSA) is 46.2 Å². The van der Waals surface area contributed by atoms with Crippen LogP contribution in [0, 0.1) is 0 Å². The first-order valence-corrected chi connectivity index (χ1v) is 6.67. The van der Waals surface area contributed by atoms with Crippen molar-refractivity contribution in [2.75, 3.05) is 0 Å². The van der Waals surface area contributed by atoms with E-state index in [4.69, 9.17) is 28.9 Å². The molecule has 2 rings (SSSR count). The third kappa shape index (κ3) is 3.14. The average Bonchev–Trinajstić information content (AvgIpc) is 2.23. The zero-order valence-corrected chi connectivity index (χ0v) is 11.1. The Balaban J connectivity index is 2.19. The summed E-state index contributed by atoms with van der Waals surface area (Å²) in [5, 5.41) is 11.8. The summed E-state index contributed by atoms with van der Waals surface area (Å²) in [6.07, 6.45) is 3.81. The largest absolute Gasteiger partial charge is 0.389 e. The Morgan fingerprint density at radius 2 is 2.00 bits per heavy atom. The minimum atomic E-state index is -0.758. The summed E-state index contributed by atoms with van der Waals surface area (Å²) in [6, 6.07) is 5.49. The number of halogens is 2. The highest BCUT2D eigenvalue weighted by molar-refractivity contribution is 6.36. The van der Waals surface area contributed by atoms with E-state index in [1.54, 1.807) is 12.1 Å². The van der Waals surface area contributed by atoms with Gasteiger partial charge in [-0.15, -0.1) is 0 Å². The van der Waals surface area contributed by atoms with Crippen LogP contribution in [0.1, 0.15) is 31.2 Å². The van der Waals surface area contributed by atoms with Crippen molar-refractivity contribution >= 4 is 23.2 Å². The van der Waals surface area contributed by atoms with Crippen molar-refractivity contribution in [1.29, 1.82) is 0 Å². The highest BCUT2D eigenvalue weighted by Gasteiger charge is 2.34. The van der Waals surface area contributed by atoms with Gasteiger partial charge in [-0.25, -0.2) is 0 Å². The molecule has 2 atom stereocenters. The van der Waals surface area contributed by atoms with E-state index in [2.05, 4.69) is 0 Å². The average molecular weight is 274 g/mol. The van der Waals surface area contributed by atoms with Gasteiger partial charge in [0.15, 0.2) is 0 Å². The fraction of sp³-hybridized carbons (Fsp3) is 0.538. The Morgan fingerprint density at radius 3 is 2.59 bits per heavy atom. The van der Waals surface area contributed by atoms with Gasteiger partial charge in [0.1, 0.15) is 0 Å². The van der Waals surface area contributed by atoms with E-state index in [-0.39, 0.29) is 6.04 Å². The van der Waals surface area contributed by atoms with Crippen LogP contribution in [0.15, 0.2) is 18.2 Å². The number of hydrogen-bond acceptors (Lipinski definition) is 2. The van der Waals surface area contributed by atoms with E-state index < -0.39 is 5.60 Å². The van der Waals surface area contributed by atoms with Crippen molar-refractivity contribution in [1.82, 2.24) is 0 Å². The Bertz CT molecular complexity index is 390. The van der Waals surface area contributed by atoms with Crippen LogP contribution in [0.5, 0.6) is 0 Å². The summed E-state index contributed by atoms with van der Waals surface area (Å²) >= 11 is 12.2. The molecule has 4 heteroatoms. The SMILES string of the molecule is NC1CCCC(O)(Cc2c(Cl)cccc2Cl)C1. The molecule has 0 saturated heterocycles. The molecule has 17 heavy (non-hydrogen) atoms. The molecular formula is C13H17Cl2NO. The second-order valence-corrected chi connectivity index (χ2v) is 5.77. The van der Waals surface area contributed by atoms with Gasteiger partial charge in [-0.1, -0.05) is 29.3 Å². The second-order valence-electron chi connectivity index (χ2n) is 4.96. The smallest absolute Gasteiger partial charge is 0.0703 e. The number of benzene rings is 1. The van der Waals surface area contributed by atoms with Crippen molar-refractivity contribution in [3.8, 4) is 0 Å². The summed E-state index contributed by atoms with van der Waals surface area (Å²) < 4.78 is 0. The monoisotopic (exact) mass is 273 g/mol. The quantitative estimate of drug-likeness (QED) is 0.870. The minimum Gasteiger partial charge on any atom is -0.389 e. The fourth-order valence-electron chi connectivity index (χ4n) is 2.58. The highest BCUT2D eigenvalue weighted by Crippen LogP contribution is 2.35. The van der Waals surface area contributed by atoms with Crippen molar-refractivity contribution in [3.05, 3.63) is 33.8 Å². The number of nitrogens with two attached hydrogens (primary N) is 1. The van der Waals surface area contributed by atoms with Gasteiger partial charge in [-0.05, 0) is 43.4 Å². The number of rotatable bonds is 2. The molecule has 1 fully saturated rings. The van der Waals surface area contributed by atoms with E-state index in [9.17, 15) is 5.11 Å².